The Hall–Kier alpha value is -2.58. The van der Waals surface area contributed by atoms with Crippen LogP contribution in [0.25, 0.3) is 0 Å². The number of methoxy groups -OCH3 is 1. The van der Waals surface area contributed by atoms with Gasteiger partial charge in [-0.05, 0) is 52.7 Å². The molecule has 3 rings (SSSR count). The van der Waals surface area contributed by atoms with E-state index in [1.807, 2.05) is 42.3 Å². The highest BCUT2D eigenvalue weighted by Gasteiger charge is 2.32. The van der Waals surface area contributed by atoms with E-state index in [2.05, 4.69) is 21.5 Å². The third kappa shape index (κ3) is 3.38. The van der Waals surface area contributed by atoms with Gasteiger partial charge in [0.2, 0.25) is 5.91 Å². The van der Waals surface area contributed by atoms with E-state index >= 15 is 0 Å². The van der Waals surface area contributed by atoms with Crippen molar-refractivity contribution in [2.75, 3.05) is 18.7 Å². The number of carbonyl (C=O) groups excluding carboxylic acids is 2. The van der Waals surface area contributed by atoms with E-state index < -0.39 is 5.91 Å². The van der Waals surface area contributed by atoms with Crippen molar-refractivity contribution in [3.05, 3.63) is 58.1 Å². The van der Waals surface area contributed by atoms with Crippen LogP contribution in [0.15, 0.2) is 46.9 Å². The van der Waals surface area contributed by atoms with E-state index in [9.17, 15) is 9.59 Å². The summed E-state index contributed by atoms with van der Waals surface area (Å²) in [5, 5.41) is 3.06. The summed E-state index contributed by atoms with van der Waals surface area (Å²) in [6, 6.07) is 12.9. The predicted molar refractivity (Wildman–Crippen MR) is 101 cm³/mol. The molecular weight excluding hydrogens is 400 g/mol. The highest BCUT2D eigenvalue weighted by atomic mass is 79.9. The summed E-state index contributed by atoms with van der Waals surface area (Å²) in [5.74, 6) is -0.151. The number of rotatable bonds is 5. The summed E-state index contributed by atoms with van der Waals surface area (Å²) in [5.41, 5.74) is 10.5. The highest BCUT2D eigenvalue weighted by Crippen LogP contribution is 2.34. The number of benzene rings is 2. The van der Waals surface area contributed by atoms with Crippen molar-refractivity contribution in [2.45, 2.75) is 13.0 Å². The molecule has 0 bridgehead atoms. The first-order valence-corrected chi connectivity index (χ1v) is 8.80. The Bertz CT molecular complexity index is 858. The first kappa shape index (κ1) is 18.2. The molecule has 0 saturated carbocycles. The first-order valence-electron chi connectivity index (χ1n) is 8.00. The second-order valence-electron chi connectivity index (χ2n) is 5.91. The standard InChI is InChI=1S/C18H19BrN4O3/c1-11(12-7-8-16(26-2)14(19)9-12)23-15-6-4-3-5-13(15)18(25)22(21-23)10-17(20)24/h3-9,11,21H,10H2,1-2H3,(H2,20,24). The van der Waals surface area contributed by atoms with Crippen LogP contribution >= 0.6 is 15.9 Å². The fourth-order valence-electron chi connectivity index (χ4n) is 2.89. The number of hydrazine groups is 2. The zero-order valence-electron chi connectivity index (χ0n) is 14.4. The number of ether oxygens (including phenoxy) is 1. The van der Waals surface area contributed by atoms with Gasteiger partial charge in [-0.2, -0.15) is 0 Å². The molecule has 2 aromatic carbocycles. The summed E-state index contributed by atoms with van der Waals surface area (Å²) >= 11 is 3.50. The number of primary amides is 1. The maximum Gasteiger partial charge on any atom is 0.272 e. The SMILES string of the molecule is COc1ccc(C(C)N2NN(CC(N)=O)C(=O)c3ccccc32)cc1Br. The van der Waals surface area contributed by atoms with Gasteiger partial charge in [-0.1, -0.05) is 18.2 Å². The molecule has 1 heterocycles. The highest BCUT2D eigenvalue weighted by molar-refractivity contribution is 9.10. The van der Waals surface area contributed by atoms with Crippen molar-refractivity contribution < 1.29 is 14.3 Å². The van der Waals surface area contributed by atoms with Crippen LogP contribution in [0.2, 0.25) is 0 Å². The number of nitrogens with two attached hydrogens (primary N) is 1. The molecule has 136 valence electrons. The molecular formula is C18H19BrN4O3. The summed E-state index contributed by atoms with van der Waals surface area (Å²) in [4.78, 5) is 23.9. The van der Waals surface area contributed by atoms with Gasteiger partial charge in [-0.25, -0.2) is 5.01 Å². The summed E-state index contributed by atoms with van der Waals surface area (Å²) in [6.45, 7) is 1.78. The number of anilines is 1. The van der Waals surface area contributed by atoms with Gasteiger partial charge < -0.3 is 10.5 Å². The molecule has 1 unspecified atom stereocenters. The molecule has 0 aromatic heterocycles. The number of halogens is 1. The van der Waals surface area contributed by atoms with Crippen LogP contribution in [0.4, 0.5) is 5.69 Å². The van der Waals surface area contributed by atoms with Crippen molar-refractivity contribution in [3.63, 3.8) is 0 Å². The minimum atomic E-state index is -0.593. The molecule has 7 nitrogen and oxygen atoms in total. The van der Waals surface area contributed by atoms with Crippen molar-refractivity contribution >= 4 is 33.4 Å². The molecule has 8 heteroatoms. The molecule has 0 radical (unpaired) electrons. The second-order valence-corrected chi connectivity index (χ2v) is 6.77. The van der Waals surface area contributed by atoms with Crippen LogP contribution in [0.3, 0.4) is 0 Å². The van der Waals surface area contributed by atoms with Gasteiger partial charge in [-0.3, -0.25) is 14.6 Å². The third-order valence-electron chi connectivity index (χ3n) is 4.23. The lowest BCUT2D eigenvalue weighted by Gasteiger charge is -2.41. The van der Waals surface area contributed by atoms with E-state index in [0.29, 0.717) is 5.56 Å². The Morgan fingerprint density at radius 2 is 2.04 bits per heavy atom. The number of hydrogen-bond donors (Lipinski definition) is 2. The molecule has 2 amide bonds. The van der Waals surface area contributed by atoms with Gasteiger partial charge in [0.1, 0.15) is 12.3 Å². The van der Waals surface area contributed by atoms with Crippen LogP contribution < -0.4 is 21.0 Å². The lowest BCUT2D eigenvalue weighted by molar-refractivity contribution is -0.119. The van der Waals surface area contributed by atoms with Crippen LogP contribution in [0.1, 0.15) is 28.9 Å². The van der Waals surface area contributed by atoms with Crippen LogP contribution in [-0.2, 0) is 4.79 Å². The van der Waals surface area contributed by atoms with Crippen molar-refractivity contribution in [1.82, 2.24) is 10.5 Å². The fourth-order valence-corrected chi connectivity index (χ4v) is 3.45. The Kier molecular flexibility index (Phi) is 5.15. The zero-order valence-corrected chi connectivity index (χ0v) is 16.0. The quantitative estimate of drug-likeness (QED) is 0.777. The van der Waals surface area contributed by atoms with Crippen molar-refractivity contribution in [2.24, 2.45) is 5.73 Å². The smallest absolute Gasteiger partial charge is 0.272 e. The number of fused-ring (bicyclic) bond motifs is 1. The number of amides is 2. The van der Waals surface area contributed by atoms with E-state index in [-0.39, 0.29) is 18.5 Å². The molecule has 0 fully saturated rings. The van der Waals surface area contributed by atoms with Crippen molar-refractivity contribution in [3.8, 4) is 5.75 Å². The van der Waals surface area contributed by atoms with Gasteiger partial charge in [0, 0.05) is 0 Å². The van der Waals surface area contributed by atoms with E-state index in [4.69, 9.17) is 10.5 Å². The van der Waals surface area contributed by atoms with Crippen LogP contribution in [-0.4, -0.2) is 30.5 Å². The second kappa shape index (κ2) is 7.35. The van der Waals surface area contributed by atoms with Gasteiger partial charge in [0.25, 0.3) is 5.91 Å². The van der Waals surface area contributed by atoms with Gasteiger partial charge >= 0.3 is 0 Å². The molecule has 26 heavy (non-hydrogen) atoms. The minimum absolute atomic E-state index is 0.137. The van der Waals surface area contributed by atoms with Gasteiger partial charge in [0.15, 0.2) is 0 Å². The summed E-state index contributed by atoms with van der Waals surface area (Å²) in [7, 11) is 1.61. The average molecular weight is 419 g/mol. The Morgan fingerprint density at radius 1 is 1.31 bits per heavy atom. The maximum atomic E-state index is 12.6. The Balaban J connectivity index is 1.99. The number of hydrogen-bond acceptors (Lipinski definition) is 5. The fraction of sp³-hybridized carbons (Fsp3) is 0.222. The molecule has 0 saturated heterocycles. The lowest BCUT2D eigenvalue weighted by atomic mass is 10.0. The summed E-state index contributed by atoms with van der Waals surface area (Å²) < 4.78 is 6.11. The Labute approximate surface area is 159 Å². The minimum Gasteiger partial charge on any atom is -0.496 e. The number of para-hydroxylation sites is 1. The number of carbonyl (C=O) groups is 2. The molecule has 1 aliphatic heterocycles. The number of nitrogens with zero attached hydrogens (tertiary/aromatic N) is 2. The molecule has 1 aliphatic rings. The van der Waals surface area contributed by atoms with Gasteiger partial charge in [0.05, 0.1) is 28.9 Å². The van der Waals surface area contributed by atoms with Crippen molar-refractivity contribution in [1.29, 1.82) is 0 Å². The summed E-state index contributed by atoms with van der Waals surface area (Å²) in [6.07, 6.45) is 0. The maximum absolute atomic E-state index is 12.6. The lowest BCUT2D eigenvalue weighted by Crippen LogP contribution is -2.59. The normalized spacial score (nSPS) is 14.8. The topological polar surface area (TPSA) is 87.9 Å². The van der Waals surface area contributed by atoms with Gasteiger partial charge in [-0.15, -0.1) is 5.53 Å². The van der Waals surface area contributed by atoms with E-state index in [0.717, 1.165) is 21.5 Å². The molecule has 2 aromatic rings. The average Bonchev–Trinajstić information content (AvgIpc) is 2.63. The Morgan fingerprint density at radius 3 is 2.69 bits per heavy atom. The third-order valence-corrected chi connectivity index (χ3v) is 4.85. The largest absolute Gasteiger partial charge is 0.496 e. The first-order chi connectivity index (χ1) is 12.4. The molecule has 1 atom stereocenters. The van der Waals surface area contributed by atoms with Crippen LogP contribution in [0, 0.1) is 0 Å². The number of nitrogens with one attached hydrogen (secondary N) is 1. The molecule has 3 N–H and O–H groups in total. The van der Waals surface area contributed by atoms with E-state index in [1.54, 1.807) is 19.2 Å². The monoisotopic (exact) mass is 418 g/mol. The zero-order chi connectivity index (χ0) is 18.8. The predicted octanol–water partition coefficient (Wildman–Crippen LogP) is 2.39. The van der Waals surface area contributed by atoms with Crippen LogP contribution in [0.5, 0.6) is 5.75 Å². The molecule has 0 spiro atoms. The molecule has 0 aliphatic carbocycles. The van der Waals surface area contributed by atoms with E-state index in [1.165, 1.54) is 5.01 Å².